The molecule has 1 N–H and O–H groups in total. The Morgan fingerprint density at radius 2 is 2.14 bits per heavy atom. The number of nitrogens with zero attached hydrogens (tertiary/aromatic N) is 1. The number of rotatable bonds is 2. The van der Waals surface area contributed by atoms with Gasteiger partial charge in [0.2, 0.25) is 11.1 Å². The first-order valence-electron chi connectivity index (χ1n) is 3.21. The molecule has 1 heterocycles. The second-order valence-corrected chi connectivity index (χ2v) is 3.04. The molecule has 0 aromatic carbocycles. The Hall–Kier alpha value is -1.15. The average Bonchev–Trinajstić information content (AvgIpc) is 2.01. The molecule has 0 aliphatic carbocycles. The summed E-state index contributed by atoms with van der Waals surface area (Å²) in [6.07, 6.45) is -3.87. The monoisotopic (exact) mass is 227 g/mol. The molecule has 0 radical (unpaired) electrons. The van der Waals surface area contributed by atoms with Gasteiger partial charge in [-0.2, -0.15) is 0 Å². The van der Waals surface area contributed by atoms with Crippen LogP contribution in [-0.4, -0.2) is 20.1 Å². The van der Waals surface area contributed by atoms with Gasteiger partial charge in [0, 0.05) is 12.3 Å². The molecule has 1 aromatic heterocycles. The van der Waals surface area contributed by atoms with Gasteiger partial charge in [0.25, 0.3) is 0 Å². The van der Waals surface area contributed by atoms with E-state index in [4.69, 9.17) is 4.55 Å². The van der Waals surface area contributed by atoms with Crippen LogP contribution in [0.1, 0.15) is 0 Å². The molecule has 0 saturated carbocycles. The highest BCUT2D eigenvalue weighted by Gasteiger charge is 2.31. The van der Waals surface area contributed by atoms with Gasteiger partial charge in [-0.25, -0.2) is 9.19 Å². The SMILES string of the molecule is O=S(O)c1cc(OC(F)(F)F)ccn1. The molecule has 0 aliphatic heterocycles. The molecular weight excluding hydrogens is 223 g/mol. The maximum Gasteiger partial charge on any atom is 0.573 e. The predicted molar refractivity (Wildman–Crippen MR) is 40.0 cm³/mol. The maximum absolute atomic E-state index is 11.7. The summed E-state index contributed by atoms with van der Waals surface area (Å²) in [7, 11) is 0. The van der Waals surface area contributed by atoms with Gasteiger partial charge >= 0.3 is 6.36 Å². The van der Waals surface area contributed by atoms with E-state index in [-0.39, 0.29) is 0 Å². The molecular formula is C6H4F3NO3S. The Balaban J connectivity index is 2.89. The molecule has 8 heteroatoms. The maximum atomic E-state index is 11.7. The van der Waals surface area contributed by atoms with E-state index in [1.165, 1.54) is 0 Å². The smallest absolute Gasteiger partial charge is 0.406 e. The zero-order valence-corrected chi connectivity index (χ0v) is 7.30. The van der Waals surface area contributed by atoms with Crippen molar-refractivity contribution in [3.8, 4) is 5.75 Å². The van der Waals surface area contributed by atoms with Gasteiger partial charge in [0.05, 0.1) is 0 Å². The van der Waals surface area contributed by atoms with Crippen molar-refractivity contribution >= 4 is 11.1 Å². The van der Waals surface area contributed by atoms with Crippen LogP contribution in [0.25, 0.3) is 0 Å². The van der Waals surface area contributed by atoms with E-state index in [0.29, 0.717) is 0 Å². The zero-order valence-electron chi connectivity index (χ0n) is 6.49. The molecule has 1 atom stereocenters. The Kier molecular flexibility index (Phi) is 3.06. The third-order valence-electron chi connectivity index (χ3n) is 1.12. The average molecular weight is 227 g/mol. The quantitative estimate of drug-likeness (QED) is 0.779. The highest BCUT2D eigenvalue weighted by atomic mass is 32.2. The topological polar surface area (TPSA) is 59.4 Å². The number of hydrogen-bond donors (Lipinski definition) is 1. The third kappa shape index (κ3) is 3.30. The van der Waals surface area contributed by atoms with Crippen molar-refractivity contribution in [3.05, 3.63) is 18.3 Å². The lowest BCUT2D eigenvalue weighted by Crippen LogP contribution is -2.17. The van der Waals surface area contributed by atoms with Crippen molar-refractivity contribution in [1.29, 1.82) is 0 Å². The van der Waals surface area contributed by atoms with Crippen LogP contribution in [0.4, 0.5) is 13.2 Å². The number of ether oxygens (including phenoxy) is 1. The summed E-state index contributed by atoms with van der Waals surface area (Å²) in [5.41, 5.74) is 0. The van der Waals surface area contributed by atoms with E-state index in [0.717, 1.165) is 18.3 Å². The third-order valence-corrected chi connectivity index (χ3v) is 1.70. The molecule has 0 bridgehead atoms. The van der Waals surface area contributed by atoms with Crippen molar-refractivity contribution in [2.45, 2.75) is 11.4 Å². The van der Waals surface area contributed by atoms with Gasteiger partial charge in [-0.1, -0.05) is 0 Å². The fraction of sp³-hybridized carbons (Fsp3) is 0.167. The van der Waals surface area contributed by atoms with Crippen LogP contribution < -0.4 is 4.74 Å². The normalized spacial score (nSPS) is 13.7. The largest absolute Gasteiger partial charge is 0.573 e. The molecule has 4 nitrogen and oxygen atoms in total. The molecule has 1 unspecified atom stereocenters. The van der Waals surface area contributed by atoms with Crippen molar-refractivity contribution < 1.29 is 26.7 Å². The summed E-state index contributed by atoms with van der Waals surface area (Å²) < 4.78 is 57.5. The van der Waals surface area contributed by atoms with Crippen LogP contribution in [0.3, 0.4) is 0 Å². The van der Waals surface area contributed by atoms with E-state index < -0.39 is 28.2 Å². The molecule has 78 valence electrons. The van der Waals surface area contributed by atoms with E-state index in [1.807, 2.05) is 0 Å². The second kappa shape index (κ2) is 3.93. The Morgan fingerprint density at radius 3 is 2.64 bits per heavy atom. The van der Waals surface area contributed by atoms with Crippen molar-refractivity contribution in [1.82, 2.24) is 4.98 Å². The van der Waals surface area contributed by atoms with Crippen LogP contribution in [-0.2, 0) is 11.1 Å². The lowest BCUT2D eigenvalue weighted by Gasteiger charge is -2.08. The van der Waals surface area contributed by atoms with E-state index in [9.17, 15) is 17.4 Å². The first kappa shape index (κ1) is 10.9. The van der Waals surface area contributed by atoms with Gasteiger partial charge in [-0.05, 0) is 6.07 Å². The number of alkyl halides is 3. The Bertz CT molecular complexity index is 354. The van der Waals surface area contributed by atoms with Gasteiger partial charge in [-0.3, -0.25) is 0 Å². The zero-order chi connectivity index (χ0) is 10.8. The summed E-state index contributed by atoms with van der Waals surface area (Å²) in [5.74, 6) is -0.579. The Labute approximate surface area is 79.0 Å². The van der Waals surface area contributed by atoms with Crippen molar-refractivity contribution in [3.63, 3.8) is 0 Å². The number of pyridine rings is 1. The highest BCUT2D eigenvalue weighted by Crippen LogP contribution is 2.22. The molecule has 1 rings (SSSR count). The van der Waals surface area contributed by atoms with Gasteiger partial charge in [0.15, 0.2) is 5.03 Å². The first-order chi connectivity index (χ1) is 6.38. The lowest BCUT2D eigenvalue weighted by atomic mass is 10.5. The fourth-order valence-electron chi connectivity index (χ4n) is 0.684. The molecule has 14 heavy (non-hydrogen) atoms. The van der Waals surface area contributed by atoms with Crippen molar-refractivity contribution in [2.24, 2.45) is 0 Å². The van der Waals surface area contributed by atoms with Gasteiger partial charge < -0.3 is 9.29 Å². The summed E-state index contributed by atoms with van der Waals surface area (Å²) in [5, 5.41) is -0.397. The minimum absolute atomic E-state index is 0.397. The summed E-state index contributed by atoms with van der Waals surface area (Å²) in [4.78, 5) is 3.37. The van der Waals surface area contributed by atoms with E-state index in [2.05, 4.69) is 9.72 Å². The van der Waals surface area contributed by atoms with Crippen molar-refractivity contribution in [2.75, 3.05) is 0 Å². The van der Waals surface area contributed by atoms with Gasteiger partial charge in [0.1, 0.15) is 5.75 Å². The minimum atomic E-state index is -4.82. The van der Waals surface area contributed by atoms with E-state index >= 15 is 0 Å². The minimum Gasteiger partial charge on any atom is -0.406 e. The van der Waals surface area contributed by atoms with E-state index in [1.54, 1.807) is 0 Å². The standard InChI is InChI=1S/C6H4F3NO3S/c7-6(8,9)13-4-1-2-10-5(3-4)14(11)12/h1-3H,(H,11,12). The molecule has 0 saturated heterocycles. The molecule has 1 aromatic rings. The summed E-state index contributed by atoms with van der Waals surface area (Å²) in [6, 6.07) is 1.67. The van der Waals surface area contributed by atoms with Crippen LogP contribution in [0.2, 0.25) is 0 Å². The molecule has 0 aliphatic rings. The number of hydrogen-bond acceptors (Lipinski definition) is 3. The molecule has 0 spiro atoms. The summed E-state index contributed by atoms with van der Waals surface area (Å²) in [6.45, 7) is 0. The predicted octanol–water partition coefficient (Wildman–Crippen LogP) is 1.56. The molecule has 0 fully saturated rings. The molecule has 0 amide bonds. The fourth-order valence-corrected chi connectivity index (χ4v) is 1.05. The summed E-state index contributed by atoms with van der Waals surface area (Å²) >= 11 is -2.43. The second-order valence-electron chi connectivity index (χ2n) is 2.13. The van der Waals surface area contributed by atoms with Crippen LogP contribution in [0.15, 0.2) is 23.4 Å². The first-order valence-corrected chi connectivity index (χ1v) is 4.32. The van der Waals surface area contributed by atoms with Gasteiger partial charge in [-0.15, -0.1) is 13.2 Å². The van der Waals surface area contributed by atoms with Crippen LogP contribution in [0, 0.1) is 0 Å². The highest BCUT2D eigenvalue weighted by molar-refractivity contribution is 7.79. The van der Waals surface area contributed by atoms with Crippen LogP contribution >= 0.6 is 0 Å². The lowest BCUT2D eigenvalue weighted by molar-refractivity contribution is -0.274. The number of halogens is 3. The number of aromatic nitrogens is 1. The Morgan fingerprint density at radius 1 is 1.50 bits per heavy atom. The van der Waals surface area contributed by atoms with Crippen LogP contribution in [0.5, 0.6) is 5.75 Å².